The van der Waals surface area contributed by atoms with Gasteiger partial charge < -0.3 is 15.1 Å². The highest BCUT2D eigenvalue weighted by Crippen LogP contribution is 2.35. The summed E-state index contributed by atoms with van der Waals surface area (Å²) in [6, 6.07) is 11.8. The molecule has 0 bridgehead atoms. The number of carbonyl (C=O) groups is 1. The monoisotopic (exact) mass is 488 g/mol. The fraction of sp³-hybridized carbons (Fsp3) is 0.391. The third-order valence-electron chi connectivity index (χ3n) is 6.30. The number of thioether (sulfide) groups is 1. The zero-order valence-electron chi connectivity index (χ0n) is 18.2. The molecule has 0 saturated carbocycles. The van der Waals surface area contributed by atoms with Crippen LogP contribution in [0.5, 0.6) is 0 Å². The highest BCUT2D eigenvalue weighted by Gasteiger charge is 2.42. The van der Waals surface area contributed by atoms with Crippen LogP contribution in [0.15, 0.2) is 47.5 Å². The Bertz CT molecular complexity index is 1210. The van der Waals surface area contributed by atoms with E-state index in [9.17, 15) is 17.6 Å². The minimum Gasteiger partial charge on any atom is -0.368 e. The highest BCUT2D eigenvalue weighted by molar-refractivity contribution is 8.15. The number of halogens is 1. The molecule has 7 nitrogen and oxygen atoms in total. The molecule has 3 heterocycles. The van der Waals surface area contributed by atoms with Gasteiger partial charge in [0.25, 0.3) is 5.91 Å². The van der Waals surface area contributed by atoms with E-state index < -0.39 is 9.84 Å². The maximum Gasteiger partial charge on any atom is 0.254 e. The summed E-state index contributed by atoms with van der Waals surface area (Å²) in [6.45, 7) is 4.52. The van der Waals surface area contributed by atoms with Crippen molar-refractivity contribution in [3.8, 4) is 0 Å². The van der Waals surface area contributed by atoms with Crippen molar-refractivity contribution in [2.45, 2.75) is 18.2 Å². The number of piperazine rings is 1. The molecule has 2 unspecified atom stereocenters. The van der Waals surface area contributed by atoms with Gasteiger partial charge in [-0.15, -0.1) is 0 Å². The normalized spacial score (nSPS) is 23.9. The molecule has 2 aromatic carbocycles. The van der Waals surface area contributed by atoms with Crippen molar-refractivity contribution < 1.29 is 17.6 Å². The smallest absolute Gasteiger partial charge is 0.254 e. The van der Waals surface area contributed by atoms with E-state index in [1.165, 1.54) is 23.9 Å². The van der Waals surface area contributed by atoms with Crippen LogP contribution in [0, 0.1) is 12.7 Å². The summed E-state index contributed by atoms with van der Waals surface area (Å²) in [5.74, 6) is -0.0114. The van der Waals surface area contributed by atoms with Crippen LogP contribution in [0.25, 0.3) is 0 Å². The first-order valence-corrected chi connectivity index (χ1v) is 13.6. The molecule has 10 heteroatoms. The number of amidine groups is 1. The van der Waals surface area contributed by atoms with Crippen molar-refractivity contribution in [3.05, 3.63) is 59.4 Å². The number of nitrogens with zero attached hydrogens (tertiary/aromatic N) is 3. The number of amides is 1. The van der Waals surface area contributed by atoms with E-state index in [0.717, 1.165) is 16.9 Å². The number of rotatable bonds is 3. The number of benzene rings is 2. The summed E-state index contributed by atoms with van der Waals surface area (Å²) < 4.78 is 36.7. The van der Waals surface area contributed by atoms with E-state index in [1.54, 1.807) is 12.1 Å². The van der Waals surface area contributed by atoms with Gasteiger partial charge in [0.05, 0.1) is 17.5 Å². The largest absolute Gasteiger partial charge is 0.368 e. The van der Waals surface area contributed by atoms with E-state index >= 15 is 0 Å². The van der Waals surface area contributed by atoms with Crippen LogP contribution in [0.3, 0.4) is 0 Å². The molecule has 1 N–H and O–H groups in total. The minimum absolute atomic E-state index is 0.0271. The second kappa shape index (κ2) is 8.64. The summed E-state index contributed by atoms with van der Waals surface area (Å²) >= 11 is 1.46. The topological polar surface area (TPSA) is 82.1 Å². The molecule has 33 heavy (non-hydrogen) atoms. The van der Waals surface area contributed by atoms with Crippen LogP contribution in [-0.2, 0) is 9.84 Å². The van der Waals surface area contributed by atoms with E-state index in [0.29, 0.717) is 36.9 Å². The van der Waals surface area contributed by atoms with Gasteiger partial charge in [0.15, 0.2) is 15.0 Å². The van der Waals surface area contributed by atoms with Gasteiger partial charge in [-0.1, -0.05) is 17.8 Å². The number of nitrogens with one attached hydrogen (secondary N) is 1. The van der Waals surface area contributed by atoms with Crippen LogP contribution in [-0.4, -0.2) is 73.4 Å². The number of hydrogen-bond donors (Lipinski definition) is 1. The predicted octanol–water partition coefficient (Wildman–Crippen LogP) is 2.78. The summed E-state index contributed by atoms with van der Waals surface area (Å²) in [7, 11) is -2.99. The maximum atomic E-state index is 13.2. The number of sulfone groups is 1. The van der Waals surface area contributed by atoms with E-state index in [4.69, 9.17) is 0 Å². The molecule has 5 rings (SSSR count). The fourth-order valence-electron chi connectivity index (χ4n) is 4.42. The van der Waals surface area contributed by atoms with Crippen molar-refractivity contribution in [1.29, 1.82) is 0 Å². The Morgan fingerprint density at radius 1 is 1.09 bits per heavy atom. The Morgan fingerprint density at radius 2 is 1.82 bits per heavy atom. The quantitative estimate of drug-likeness (QED) is 0.716. The summed E-state index contributed by atoms with van der Waals surface area (Å²) in [4.78, 5) is 21.7. The SMILES string of the molecule is Cc1ccc(C(=O)N2CCN(c3ccc(F)cc3)CC2)cc1NC1=NC2CS(=O)(=O)CC2S1. The van der Waals surface area contributed by atoms with Crippen LogP contribution in [0.4, 0.5) is 15.8 Å². The van der Waals surface area contributed by atoms with E-state index in [2.05, 4.69) is 15.2 Å². The van der Waals surface area contributed by atoms with Gasteiger partial charge in [0.1, 0.15) is 5.82 Å². The number of aliphatic imine (C=N–C) groups is 1. The Morgan fingerprint density at radius 3 is 2.52 bits per heavy atom. The van der Waals surface area contributed by atoms with Gasteiger partial charge in [0.2, 0.25) is 0 Å². The number of fused-ring (bicyclic) bond motifs is 1. The first-order valence-electron chi connectivity index (χ1n) is 10.9. The summed E-state index contributed by atoms with van der Waals surface area (Å²) in [6.07, 6.45) is 0. The lowest BCUT2D eigenvalue weighted by atomic mass is 10.1. The Hall–Kier alpha value is -2.59. The molecule has 2 atom stereocenters. The molecule has 0 aliphatic carbocycles. The van der Waals surface area contributed by atoms with Crippen LogP contribution >= 0.6 is 11.8 Å². The van der Waals surface area contributed by atoms with Crippen LogP contribution in [0.1, 0.15) is 15.9 Å². The van der Waals surface area contributed by atoms with Crippen molar-refractivity contribution in [2.24, 2.45) is 4.99 Å². The van der Waals surface area contributed by atoms with Gasteiger partial charge in [-0.3, -0.25) is 9.79 Å². The Balaban J connectivity index is 1.24. The third kappa shape index (κ3) is 4.72. The number of hydrogen-bond acceptors (Lipinski definition) is 7. The standard InChI is InChI=1S/C23H25FN4O3S2/c1-15-2-3-16(12-19(15)25-23-26-20-13-33(30,31)14-21(20)32-23)22(29)28-10-8-27(9-11-28)18-6-4-17(24)5-7-18/h2-7,12,20-21H,8-11,13-14H2,1H3,(H,25,26). The van der Waals surface area contributed by atoms with E-state index in [-0.39, 0.29) is 34.5 Å². The molecule has 174 valence electrons. The van der Waals surface area contributed by atoms with Gasteiger partial charge >= 0.3 is 0 Å². The molecule has 0 spiro atoms. The average molecular weight is 489 g/mol. The lowest BCUT2D eigenvalue weighted by molar-refractivity contribution is 0.0747. The Kier molecular flexibility index (Phi) is 5.82. The molecule has 3 aliphatic heterocycles. The zero-order chi connectivity index (χ0) is 23.2. The molecule has 0 radical (unpaired) electrons. The third-order valence-corrected chi connectivity index (χ3v) is 9.44. The molecular weight excluding hydrogens is 463 g/mol. The predicted molar refractivity (Wildman–Crippen MR) is 131 cm³/mol. The average Bonchev–Trinajstić information content (AvgIpc) is 3.28. The molecule has 0 aromatic heterocycles. The minimum atomic E-state index is -2.99. The summed E-state index contributed by atoms with van der Waals surface area (Å²) in [5, 5.41) is 3.99. The van der Waals surface area contributed by atoms with Gasteiger partial charge in [-0.25, -0.2) is 12.8 Å². The molecule has 2 saturated heterocycles. The van der Waals surface area contributed by atoms with Crippen LogP contribution < -0.4 is 10.2 Å². The first kappa shape index (κ1) is 22.2. The fourth-order valence-corrected chi connectivity index (χ4v) is 8.09. The maximum absolute atomic E-state index is 13.2. The van der Waals surface area contributed by atoms with Crippen molar-refractivity contribution in [2.75, 3.05) is 47.9 Å². The van der Waals surface area contributed by atoms with Crippen molar-refractivity contribution >= 4 is 44.0 Å². The second-order valence-electron chi connectivity index (χ2n) is 8.65. The number of anilines is 2. The van der Waals surface area contributed by atoms with Gasteiger partial charge in [-0.2, -0.15) is 0 Å². The zero-order valence-corrected chi connectivity index (χ0v) is 19.8. The first-order chi connectivity index (χ1) is 15.8. The van der Waals surface area contributed by atoms with Crippen LogP contribution in [0.2, 0.25) is 0 Å². The molecule has 1 amide bonds. The Labute approximate surface area is 197 Å². The van der Waals surface area contributed by atoms with Gasteiger partial charge in [-0.05, 0) is 48.9 Å². The van der Waals surface area contributed by atoms with Crippen molar-refractivity contribution in [1.82, 2.24) is 4.90 Å². The van der Waals surface area contributed by atoms with E-state index in [1.807, 2.05) is 30.0 Å². The lowest BCUT2D eigenvalue weighted by Gasteiger charge is -2.36. The lowest BCUT2D eigenvalue weighted by Crippen LogP contribution is -2.48. The number of aryl methyl sites for hydroxylation is 1. The molecular formula is C23H25FN4O3S2. The highest BCUT2D eigenvalue weighted by atomic mass is 32.2. The van der Waals surface area contributed by atoms with Crippen molar-refractivity contribution in [3.63, 3.8) is 0 Å². The van der Waals surface area contributed by atoms with Gasteiger partial charge in [0, 0.05) is 48.4 Å². The number of carbonyl (C=O) groups excluding carboxylic acids is 1. The second-order valence-corrected chi connectivity index (χ2v) is 12.0. The molecule has 2 fully saturated rings. The molecule has 3 aliphatic rings. The molecule has 2 aromatic rings. The summed E-state index contributed by atoms with van der Waals surface area (Å²) in [5.41, 5.74) is 3.35.